The Bertz CT molecular complexity index is 455. The quantitative estimate of drug-likeness (QED) is 0.843. The number of fused-ring (bicyclic) bond motifs is 1. The fraction of sp³-hybridized carbons (Fsp3) is 0.462. The van der Waals surface area contributed by atoms with Crippen LogP contribution in [-0.4, -0.2) is 40.3 Å². The lowest BCUT2D eigenvalue weighted by Gasteiger charge is -2.12. The molecule has 0 spiro atoms. The zero-order valence-electron chi connectivity index (χ0n) is 9.85. The maximum Gasteiger partial charge on any atom is 0.166 e. The number of nitrogens with one attached hydrogen (secondary N) is 1. The van der Waals surface area contributed by atoms with Gasteiger partial charge in [-0.1, -0.05) is 23.9 Å². The molecule has 1 aromatic carbocycles. The summed E-state index contributed by atoms with van der Waals surface area (Å²) in [7, 11) is 0. The van der Waals surface area contributed by atoms with Crippen LogP contribution in [0, 0.1) is 0 Å². The van der Waals surface area contributed by atoms with Crippen molar-refractivity contribution in [3.8, 4) is 0 Å². The Balaban J connectivity index is 1.57. The Morgan fingerprint density at radius 3 is 2.88 bits per heavy atom. The van der Waals surface area contributed by atoms with Crippen molar-refractivity contribution < 1.29 is 0 Å². The first kappa shape index (κ1) is 11.1. The van der Waals surface area contributed by atoms with Crippen LogP contribution in [0.1, 0.15) is 12.8 Å². The fourth-order valence-corrected chi connectivity index (χ4v) is 3.16. The highest BCUT2D eigenvalue weighted by atomic mass is 32.2. The molecule has 17 heavy (non-hydrogen) atoms. The van der Waals surface area contributed by atoms with E-state index < -0.39 is 0 Å². The molecule has 1 N–H and O–H groups in total. The predicted octanol–water partition coefficient (Wildman–Crippen LogP) is 2.75. The van der Waals surface area contributed by atoms with Crippen LogP contribution in [0.25, 0.3) is 11.0 Å². The van der Waals surface area contributed by atoms with Crippen molar-refractivity contribution in [2.24, 2.45) is 0 Å². The second-order valence-electron chi connectivity index (χ2n) is 4.46. The van der Waals surface area contributed by atoms with Gasteiger partial charge < -0.3 is 9.88 Å². The number of hydrogen-bond donors (Lipinski definition) is 1. The van der Waals surface area contributed by atoms with Crippen molar-refractivity contribution in [2.45, 2.75) is 18.0 Å². The van der Waals surface area contributed by atoms with Gasteiger partial charge in [0.15, 0.2) is 5.16 Å². The van der Waals surface area contributed by atoms with Crippen LogP contribution in [-0.2, 0) is 0 Å². The number of H-pyrrole nitrogens is 1. The minimum Gasteiger partial charge on any atom is -0.333 e. The van der Waals surface area contributed by atoms with Gasteiger partial charge in [0, 0.05) is 12.3 Å². The van der Waals surface area contributed by atoms with Gasteiger partial charge in [-0.25, -0.2) is 4.98 Å². The highest BCUT2D eigenvalue weighted by molar-refractivity contribution is 7.99. The standard InChI is InChI=1S/C13H17N3S/c1-2-6-12-11(5-1)14-13(15-12)17-10-9-16-7-3-4-8-16/h1-2,5-6H,3-4,7-10H2,(H,14,15). The molecule has 0 amide bonds. The van der Waals surface area contributed by atoms with Crippen LogP contribution in [0.5, 0.6) is 0 Å². The first-order chi connectivity index (χ1) is 8.42. The molecule has 1 fully saturated rings. The largest absolute Gasteiger partial charge is 0.333 e. The Morgan fingerprint density at radius 2 is 2.06 bits per heavy atom. The number of hydrogen-bond acceptors (Lipinski definition) is 3. The molecule has 2 heterocycles. The van der Waals surface area contributed by atoms with Gasteiger partial charge in [-0.2, -0.15) is 0 Å². The molecule has 0 unspecified atom stereocenters. The number of aromatic amines is 1. The molecule has 0 aliphatic carbocycles. The van der Waals surface area contributed by atoms with Gasteiger partial charge in [-0.15, -0.1) is 0 Å². The first-order valence-corrected chi connectivity index (χ1v) is 7.20. The molecule has 0 radical (unpaired) electrons. The van der Waals surface area contributed by atoms with E-state index in [1.165, 1.54) is 32.5 Å². The van der Waals surface area contributed by atoms with E-state index in [0.717, 1.165) is 21.9 Å². The zero-order chi connectivity index (χ0) is 11.5. The fourth-order valence-electron chi connectivity index (χ4n) is 2.28. The number of rotatable bonds is 4. The number of para-hydroxylation sites is 2. The molecule has 4 heteroatoms. The van der Waals surface area contributed by atoms with Crippen molar-refractivity contribution >= 4 is 22.8 Å². The summed E-state index contributed by atoms with van der Waals surface area (Å²) in [5.41, 5.74) is 2.20. The van der Waals surface area contributed by atoms with E-state index in [0.29, 0.717) is 0 Å². The third-order valence-electron chi connectivity index (χ3n) is 3.21. The van der Waals surface area contributed by atoms with Gasteiger partial charge in [0.05, 0.1) is 11.0 Å². The summed E-state index contributed by atoms with van der Waals surface area (Å²) in [4.78, 5) is 10.5. The average molecular weight is 247 g/mol. The summed E-state index contributed by atoms with van der Waals surface area (Å²) in [5.74, 6) is 1.12. The lowest BCUT2D eigenvalue weighted by Crippen LogP contribution is -2.21. The van der Waals surface area contributed by atoms with Crippen LogP contribution in [0.2, 0.25) is 0 Å². The highest BCUT2D eigenvalue weighted by Crippen LogP contribution is 2.19. The number of imidazole rings is 1. The Hall–Kier alpha value is -1.00. The normalized spacial score (nSPS) is 16.9. The summed E-state index contributed by atoms with van der Waals surface area (Å²) < 4.78 is 0. The first-order valence-electron chi connectivity index (χ1n) is 6.22. The molecule has 1 aromatic heterocycles. The Kier molecular flexibility index (Phi) is 3.34. The lowest BCUT2D eigenvalue weighted by molar-refractivity contribution is 0.362. The summed E-state index contributed by atoms with van der Waals surface area (Å²) in [6, 6.07) is 8.20. The molecule has 1 aliphatic heterocycles. The van der Waals surface area contributed by atoms with Crippen molar-refractivity contribution in [2.75, 3.05) is 25.4 Å². The number of likely N-dealkylation sites (tertiary alicyclic amines) is 1. The smallest absolute Gasteiger partial charge is 0.166 e. The van der Waals surface area contributed by atoms with Gasteiger partial charge in [0.1, 0.15) is 0 Å². The van der Waals surface area contributed by atoms with E-state index in [1.807, 2.05) is 23.9 Å². The molecule has 1 saturated heterocycles. The molecule has 1 aliphatic rings. The molecule has 2 aromatic rings. The lowest BCUT2D eigenvalue weighted by atomic mass is 10.3. The predicted molar refractivity (Wildman–Crippen MR) is 72.5 cm³/mol. The topological polar surface area (TPSA) is 31.9 Å². The monoisotopic (exact) mass is 247 g/mol. The number of aromatic nitrogens is 2. The Labute approximate surface area is 106 Å². The van der Waals surface area contributed by atoms with Gasteiger partial charge in [0.2, 0.25) is 0 Å². The van der Waals surface area contributed by atoms with E-state index >= 15 is 0 Å². The van der Waals surface area contributed by atoms with Crippen LogP contribution in [0.3, 0.4) is 0 Å². The van der Waals surface area contributed by atoms with Crippen LogP contribution < -0.4 is 0 Å². The molecule has 0 saturated carbocycles. The summed E-state index contributed by atoms with van der Waals surface area (Å²) in [5, 5.41) is 1.05. The molecule has 3 nitrogen and oxygen atoms in total. The van der Waals surface area contributed by atoms with Crippen LogP contribution in [0.4, 0.5) is 0 Å². The summed E-state index contributed by atoms with van der Waals surface area (Å²) >= 11 is 1.82. The molecular weight excluding hydrogens is 230 g/mol. The Morgan fingerprint density at radius 1 is 1.24 bits per heavy atom. The molecule has 0 bridgehead atoms. The van der Waals surface area contributed by atoms with E-state index in [1.54, 1.807) is 0 Å². The molecule has 90 valence electrons. The minimum atomic E-state index is 1.05. The third kappa shape index (κ3) is 2.64. The van der Waals surface area contributed by atoms with E-state index in [9.17, 15) is 0 Å². The molecule has 0 atom stereocenters. The number of benzene rings is 1. The SMILES string of the molecule is c1ccc2[nH]c(SCCN3CCCC3)nc2c1. The summed E-state index contributed by atoms with van der Waals surface area (Å²) in [6.07, 6.45) is 2.74. The van der Waals surface area contributed by atoms with Crippen LogP contribution in [0.15, 0.2) is 29.4 Å². The van der Waals surface area contributed by atoms with Crippen LogP contribution >= 0.6 is 11.8 Å². The maximum absolute atomic E-state index is 4.57. The maximum atomic E-state index is 4.57. The van der Waals surface area contributed by atoms with Gasteiger partial charge in [-0.3, -0.25) is 0 Å². The number of thioether (sulfide) groups is 1. The van der Waals surface area contributed by atoms with Gasteiger partial charge in [0.25, 0.3) is 0 Å². The highest BCUT2D eigenvalue weighted by Gasteiger charge is 2.11. The minimum absolute atomic E-state index is 1.05. The second kappa shape index (κ2) is 5.10. The van der Waals surface area contributed by atoms with Gasteiger partial charge >= 0.3 is 0 Å². The van der Waals surface area contributed by atoms with E-state index in [2.05, 4.69) is 27.0 Å². The zero-order valence-corrected chi connectivity index (χ0v) is 10.7. The van der Waals surface area contributed by atoms with Crippen molar-refractivity contribution in [1.82, 2.24) is 14.9 Å². The van der Waals surface area contributed by atoms with Crippen molar-refractivity contribution in [3.63, 3.8) is 0 Å². The summed E-state index contributed by atoms with van der Waals surface area (Å²) in [6.45, 7) is 3.74. The molecule has 3 rings (SSSR count). The van der Waals surface area contributed by atoms with E-state index in [4.69, 9.17) is 0 Å². The second-order valence-corrected chi connectivity index (χ2v) is 5.54. The average Bonchev–Trinajstić information content (AvgIpc) is 2.96. The van der Waals surface area contributed by atoms with Crippen molar-refractivity contribution in [1.29, 1.82) is 0 Å². The number of nitrogens with zero attached hydrogens (tertiary/aromatic N) is 2. The van der Waals surface area contributed by atoms with Crippen molar-refractivity contribution in [3.05, 3.63) is 24.3 Å². The van der Waals surface area contributed by atoms with E-state index in [-0.39, 0.29) is 0 Å². The molecular formula is C13H17N3S. The van der Waals surface area contributed by atoms with Gasteiger partial charge in [-0.05, 0) is 38.1 Å². The third-order valence-corrected chi connectivity index (χ3v) is 4.07.